The molecule has 2 aromatic rings. The van der Waals surface area contributed by atoms with E-state index in [1.165, 1.54) is 6.42 Å². The van der Waals surface area contributed by atoms with E-state index in [-0.39, 0.29) is 0 Å². The van der Waals surface area contributed by atoms with Gasteiger partial charge in [0, 0.05) is 19.4 Å². The summed E-state index contributed by atoms with van der Waals surface area (Å²) in [6, 6.07) is 1.95. The Hall–Kier alpha value is -1.75. The van der Waals surface area contributed by atoms with Gasteiger partial charge in [-0.25, -0.2) is 0 Å². The molecular formula is C13H17N5. The summed E-state index contributed by atoms with van der Waals surface area (Å²) in [5.74, 6) is 0.710. The lowest BCUT2D eigenvalue weighted by Gasteiger charge is -2.07. The van der Waals surface area contributed by atoms with E-state index in [1.54, 1.807) is 6.20 Å². The van der Waals surface area contributed by atoms with Crippen LogP contribution in [0.5, 0.6) is 0 Å². The number of nitrogens with zero attached hydrogens (tertiary/aromatic N) is 4. The highest BCUT2D eigenvalue weighted by molar-refractivity contribution is 5.52. The number of aromatic nitrogens is 4. The van der Waals surface area contributed by atoms with Crippen molar-refractivity contribution >= 4 is 0 Å². The Morgan fingerprint density at radius 2 is 2.33 bits per heavy atom. The first kappa shape index (κ1) is 11.3. The highest BCUT2D eigenvalue weighted by Crippen LogP contribution is 2.16. The number of hydrogen-bond donors (Lipinski definition) is 1. The van der Waals surface area contributed by atoms with Crippen LogP contribution in [0.15, 0.2) is 24.7 Å². The Morgan fingerprint density at radius 3 is 2.94 bits per heavy atom. The molecule has 18 heavy (non-hydrogen) atoms. The summed E-state index contributed by atoms with van der Waals surface area (Å²) in [4.78, 5) is 8.99. The molecule has 94 valence electrons. The molecule has 0 bridgehead atoms. The number of rotatable bonds is 3. The molecule has 1 N–H and O–H groups in total. The summed E-state index contributed by atoms with van der Waals surface area (Å²) in [6.45, 7) is 2.23. The van der Waals surface area contributed by atoms with E-state index in [9.17, 15) is 0 Å². The van der Waals surface area contributed by atoms with Crippen molar-refractivity contribution in [3.05, 3.63) is 30.4 Å². The fourth-order valence-corrected chi connectivity index (χ4v) is 2.40. The molecule has 0 amide bonds. The molecular weight excluding hydrogens is 226 g/mol. The van der Waals surface area contributed by atoms with Gasteiger partial charge in [0.1, 0.15) is 5.69 Å². The second kappa shape index (κ2) is 4.86. The summed E-state index contributed by atoms with van der Waals surface area (Å²) < 4.78 is 1.81. The van der Waals surface area contributed by atoms with Crippen molar-refractivity contribution in [2.75, 3.05) is 13.1 Å². The van der Waals surface area contributed by atoms with Crippen molar-refractivity contribution in [1.82, 2.24) is 25.1 Å². The van der Waals surface area contributed by atoms with Gasteiger partial charge in [-0.1, -0.05) is 0 Å². The average Bonchev–Trinajstić information content (AvgIpc) is 3.02. The standard InChI is InChI=1S/C13H17N5/c1-18-13(3-5-17-18)12-9-15-11(8-16-12)6-10-2-4-14-7-10/h3,5,8-10,14H,2,4,6-7H2,1H3/t10-/m0/s1. The largest absolute Gasteiger partial charge is 0.316 e. The normalized spacial score (nSPS) is 19.3. The summed E-state index contributed by atoms with van der Waals surface area (Å²) in [5, 5.41) is 7.51. The van der Waals surface area contributed by atoms with Crippen LogP contribution < -0.4 is 5.32 Å². The minimum absolute atomic E-state index is 0.710. The summed E-state index contributed by atoms with van der Waals surface area (Å²) in [7, 11) is 1.91. The van der Waals surface area contributed by atoms with Crippen molar-refractivity contribution in [2.24, 2.45) is 13.0 Å². The lowest BCUT2D eigenvalue weighted by Crippen LogP contribution is -2.11. The van der Waals surface area contributed by atoms with E-state index < -0.39 is 0 Å². The van der Waals surface area contributed by atoms with Gasteiger partial charge in [0.25, 0.3) is 0 Å². The van der Waals surface area contributed by atoms with Crippen LogP contribution in [-0.4, -0.2) is 32.8 Å². The zero-order valence-electron chi connectivity index (χ0n) is 10.5. The van der Waals surface area contributed by atoms with E-state index in [0.29, 0.717) is 5.92 Å². The minimum Gasteiger partial charge on any atom is -0.316 e. The Balaban J connectivity index is 1.74. The van der Waals surface area contributed by atoms with Crippen LogP contribution in [-0.2, 0) is 13.5 Å². The third-order valence-electron chi connectivity index (χ3n) is 3.45. The van der Waals surface area contributed by atoms with E-state index in [2.05, 4.69) is 20.4 Å². The highest BCUT2D eigenvalue weighted by Gasteiger charge is 2.15. The lowest BCUT2D eigenvalue weighted by atomic mass is 10.0. The van der Waals surface area contributed by atoms with Gasteiger partial charge < -0.3 is 5.32 Å². The summed E-state index contributed by atoms with van der Waals surface area (Å²) >= 11 is 0. The molecule has 0 unspecified atom stereocenters. The van der Waals surface area contributed by atoms with E-state index in [4.69, 9.17) is 0 Å². The van der Waals surface area contributed by atoms with Gasteiger partial charge >= 0.3 is 0 Å². The van der Waals surface area contributed by atoms with Crippen LogP contribution in [0.3, 0.4) is 0 Å². The molecule has 1 aliphatic rings. The number of nitrogens with one attached hydrogen (secondary N) is 1. The van der Waals surface area contributed by atoms with Crippen molar-refractivity contribution in [3.8, 4) is 11.4 Å². The van der Waals surface area contributed by atoms with Crippen molar-refractivity contribution in [2.45, 2.75) is 12.8 Å². The third kappa shape index (κ3) is 2.26. The second-order valence-corrected chi connectivity index (χ2v) is 4.80. The summed E-state index contributed by atoms with van der Waals surface area (Å²) in [5.41, 5.74) is 2.95. The predicted octanol–water partition coefficient (Wildman–Crippen LogP) is 1.03. The molecule has 0 saturated carbocycles. The van der Waals surface area contributed by atoms with Crippen LogP contribution >= 0.6 is 0 Å². The maximum Gasteiger partial charge on any atom is 0.107 e. The molecule has 2 aromatic heterocycles. The van der Waals surface area contributed by atoms with Gasteiger partial charge in [0.2, 0.25) is 0 Å². The minimum atomic E-state index is 0.710. The Labute approximate surface area is 106 Å². The molecule has 0 radical (unpaired) electrons. The third-order valence-corrected chi connectivity index (χ3v) is 3.45. The zero-order chi connectivity index (χ0) is 12.4. The highest BCUT2D eigenvalue weighted by atomic mass is 15.3. The molecule has 5 nitrogen and oxygen atoms in total. The SMILES string of the molecule is Cn1nccc1-c1cnc(C[C@@H]2CCNC2)cn1. The van der Waals surface area contributed by atoms with Gasteiger partial charge in [-0.2, -0.15) is 5.10 Å². The molecule has 1 aliphatic heterocycles. The quantitative estimate of drug-likeness (QED) is 0.874. The van der Waals surface area contributed by atoms with Gasteiger partial charge in [-0.3, -0.25) is 14.6 Å². The van der Waals surface area contributed by atoms with Crippen LogP contribution in [0, 0.1) is 5.92 Å². The molecule has 1 atom stereocenters. The number of hydrogen-bond acceptors (Lipinski definition) is 4. The van der Waals surface area contributed by atoms with E-state index in [1.807, 2.05) is 30.2 Å². The van der Waals surface area contributed by atoms with Gasteiger partial charge in [-0.15, -0.1) is 0 Å². The summed E-state index contributed by atoms with van der Waals surface area (Å²) in [6.07, 6.45) is 7.77. The predicted molar refractivity (Wildman–Crippen MR) is 68.9 cm³/mol. The molecule has 0 aromatic carbocycles. The van der Waals surface area contributed by atoms with Gasteiger partial charge in [0.15, 0.2) is 0 Å². The topological polar surface area (TPSA) is 55.6 Å². The molecule has 3 heterocycles. The van der Waals surface area contributed by atoms with Crippen molar-refractivity contribution in [1.29, 1.82) is 0 Å². The Kier molecular flexibility index (Phi) is 3.06. The monoisotopic (exact) mass is 243 g/mol. The Bertz CT molecular complexity index is 510. The maximum absolute atomic E-state index is 4.51. The molecule has 0 spiro atoms. The average molecular weight is 243 g/mol. The molecule has 1 fully saturated rings. The fourth-order valence-electron chi connectivity index (χ4n) is 2.40. The molecule has 1 saturated heterocycles. The van der Waals surface area contributed by atoms with Crippen molar-refractivity contribution < 1.29 is 0 Å². The van der Waals surface area contributed by atoms with Gasteiger partial charge in [-0.05, 0) is 37.9 Å². The lowest BCUT2D eigenvalue weighted by molar-refractivity contribution is 0.570. The molecule has 5 heteroatoms. The van der Waals surface area contributed by atoms with Crippen LogP contribution in [0.2, 0.25) is 0 Å². The maximum atomic E-state index is 4.51. The number of aryl methyl sites for hydroxylation is 1. The van der Waals surface area contributed by atoms with E-state index in [0.717, 1.165) is 36.6 Å². The first-order valence-electron chi connectivity index (χ1n) is 6.33. The van der Waals surface area contributed by atoms with E-state index >= 15 is 0 Å². The zero-order valence-corrected chi connectivity index (χ0v) is 10.5. The first-order valence-corrected chi connectivity index (χ1v) is 6.33. The first-order chi connectivity index (χ1) is 8.83. The molecule has 3 rings (SSSR count). The van der Waals surface area contributed by atoms with Crippen molar-refractivity contribution in [3.63, 3.8) is 0 Å². The Morgan fingerprint density at radius 1 is 1.39 bits per heavy atom. The van der Waals surface area contributed by atoms with Crippen LogP contribution in [0.1, 0.15) is 12.1 Å². The fraction of sp³-hybridized carbons (Fsp3) is 0.462. The van der Waals surface area contributed by atoms with Gasteiger partial charge in [0.05, 0.1) is 17.6 Å². The van der Waals surface area contributed by atoms with Crippen LogP contribution in [0.4, 0.5) is 0 Å². The second-order valence-electron chi connectivity index (χ2n) is 4.80. The smallest absolute Gasteiger partial charge is 0.107 e. The molecule has 0 aliphatic carbocycles. The van der Waals surface area contributed by atoms with Crippen LogP contribution in [0.25, 0.3) is 11.4 Å².